The Morgan fingerprint density at radius 1 is 0.318 bits per heavy atom. The summed E-state index contributed by atoms with van der Waals surface area (Å²) in [6.45, 7) is 12.2. The zero-order valence-electron chi connectivity index (χ0n) is 31.3. The average molecular weight is 646 g/mol. The van der Waals surface area contributed by atoms with Gasteiger partial charge in [-0.05, 0) is 25.7 Å². The minimum atomic E-state index is -1.97. The van der Waals surface area contributed by atoms with Crippen molar-refractivity contribution in [1.29, 1.82) is 0 Å². The molecule has 6 heteroatoms. The molecule has 0 saturated heterocycles. The summed E-state index contributed by atoms with van der Waals surface area (Å²) in [4.78, 5) is 5.02. The summed E-state index contributed by atoms with van der Waals surface area (Å²) >= 11 is 0. The van der Waals surface area contributed by atoms with Gasteiger partial charge in [0.1, 0.15) is 0 Å². The molecule has 0 aromatic rings. The number of unbranched alkanes of at least 4 members (excludes halogenated alkanes) is 24. The summed E-state index contributed by atoms with van der Waals surface area (Å²) in [6.07, 6.45) is 37.5. The van der Waals surface area contributed by atoms with E-state index in [1.165, 1.54) is 154 Å². The van der Waals surface area contributed by atoms with Crippen LogP contribution in [0.5, 0.6) is 0 Å². The number of hydrogen-bond acceptors (Lipinski definition) is 5. The fraction of sp³-hybridized carbons (Fsp3) is 1.00. The van der Waals surface area contributed by atoms with E-state index >= 15 is 0 Å². The molecule has 0 rings (SSSR count). The molecule has 0 bridgehead atoms. The molecular weight excluding hydrogens is 563 g/mol. The quantitative estimate of drug-likeness (QED) is 0.0385. The Morgan fingerprint density at radius 3 is 0.773 bits per heavy atom. The summed E-state index contributed by atoms with van der Waals surface area (Å²) < 4.78 is 18.5. The van der Waals surface area contributed by atoms with E-state index < -0.39 is 9.53 Å². The normalized spacial score (nSPS) is 11.5. The molecule has 0 N–H and O–H groups in total. The molecule has 0 radical (unpaired) electrons. The third-order valence-electron chi connectivity index (χ3n) is 8.06. The third kappa shape index (κ3) is 44.1. The molecule has 0 spiro atoms. The minimum absolute atomic E-state index is 0.822. The van der Waals surface area contributed by atoms with E-state index in [4.69, 9.17) is 18.1 Å². The van der Waals surface area contributed by atoms with Crippen molar-refractivity contribution in [2.75, 3.05) is 40.5 Å². The van der Waals surface area contributed by atoms with E-state index in [9.17, 15) is 0 Å². The van der Waals surface area contributed by atoms with Crippen LogP contribution in [0.3, 0.4) is 0 Å². The molecular formula is C38H83NO4Si. The second-order valence-electron chi connectivity index (χ2n) is 13.0. The van der Waals surface area contributed by atoms with Crippen molar-refractivity contribution >= 4 is 9.53 Å². The largest absolute Gasteiger partial charge is 0.484 e. The first-order valence-electron chi connectivity index (χ1n) is 19.8. The van der Waals surface area contributed by atoms with Gasteiger partial charge in [0.05, 0.1) is 6.61 Å². The molecule has 0 fully saturated rings. The first-order valence-corrected chi connectivity index (χ1v) is 21.2. The van der Waals surface area contributed by atoms with Crippen molar-refractivity contribution in [3.8, 4) is 0 Å². The maximum atomic E-state index is 6.16. The van der Waals surface area contributed by atoms with Crippen LogP contribution in [0.25, 0.3) is 0 Å². The lowest BCUT2D eigenvalue weighted by Gasteiger charge is -2.17. The van der Waals surface area contributed by atoms with Crippen molar-refractivity contribution < 1.29 is 18.1 Å². The van der Waals surface area contributed by atoms with Crippen LogP contribution in [0.2, 0.25) is 0 Å². The highest BCUT2D eigenvalue weighted by molar-refractivity contribution is 6.36. The van der Waals surface area contributed by atoms with Crippen LogP contribution in [-0.4, -0.2) is 55.1 Å². The van der Waals surface area contributed by atoms with E-state index in [1.54, 1.807) is 5.06 Å². The van der Waals surface area contributed by atoms with Gasteiger partial charge in [-0.2, -0.15) is 5.06 Å². The van der Waals surface area contributed by atoms with Gasteiger partial charge in [-0.25, -0.2) is 0 Å². The predicted molar refractivity (Wildman–Crippen MR) is 197 cm³/mol. The molecule has 0 aromatic heterocycles. The Kier molecular flexibility index (Phi) is 45.1. The van der Waals surface area contributed by atoms with Crippen LogP contribution < -0.4 is 0 Å². The number of rotatable bonds is 36. The lowest BCUT2D eigenvalue weighted by Crippen LogP contribution is -2.28. The van der Waals surface area contributed by atoms with Crippen LogP contribution in [0, 0.1) is 0 Å². The summed E-state index contributed by atoms with van der Waals surface area (Å²) in [7, 11) is 1.80. The molecule has 0 aliphatic rings. The van der Waals surface area contributed by atoms with Crippen molar-refractivity contribution in [2.45, 2.75) is 207 Å². The van der Waals surface area contributed by atoms with Gasteiger partial charge in [-0.1, -0.05) is 182 Å². The van der Waals surface area contributed by atoms with Crippen molar-refractivity contribution in [1.82, 2.24) is 5.06 Å². The Hall–Kier alpha value is 0.0169. The Labute approximate surface area is 280 Å². The Morgan fingerprint density at radius 2 is 0.568 bits per heavy atom. The lowest BCUT2D eigenvalue weighted by molar-refractivity contribution is -0.119. The highest BCUT2D eigenvalue weighted by Gasteiger charge is 2.15. The number of nitrogens with zero attached hydrogens (tertiary/aromatic N) is 1. The maximum Gasteiger partial charge on any atom is 0.484 e. The molecule has 268 valence electrons. The second kappa shape index (κ2) is 43.0. The van der Waals surface area contributed by atoms with Gasteiger partial charge >= 0.3 is 9.53 Å². The minimum Gasteiger partial charge on any atom is -0.376 e. The van der Waals surface area contributed by atoms with E-state index in [0.717, 1.165) is 52.1 Å². The van der Waals surface area contributed by atoms with E-state index in [1.807, 2.05) is 14.1 Å². The van der Waals surface area contributed by atoms with E-state index in [2.05, 4.69) is 27.7 Å². The first-order chi connectivity index (χ1) is 21.6. The molecule has 5 nitrogen and oxygen atoms in total. The molecule has 0 saturated carbocycles. The summed E-state index contributed by atoms with van der Waals surface area (Å²) in [5, 5.41) is 1.71. The zero-order chi connectivity index (χ0) is 32.6. The van der Waals surface area contributed by atoms with E-state index in [-0.39, 0.29) is 0 Å². The number of hydroxylamine groups is 2. The van der Waals surface area contributed by atoms with E-state index in [0.29, 0.717) is 0 Å². The van der Waals surface area contributed by atoms with Crippen molar-refractivity contribution in [3.05, 3.63) is 0 Å². The average Bonchev–Trinajstić information content (AvgIpc) is 3.02. The zero-order valence-corrected chi connectivity index (χ0v) is 32.4. The van der Waals surface area contributed by atoms with Gasteiger partial charge in [-0.3, -0.25) is 4.84 Å². The lowest BCUT2D eigenvalue weighted by atomic mass is 10.1. The fourth-order valence-electron chi connectivity index (χ4n) is 5.20. The molecule has 44 heavy (non-hydrogen) atoms. The monoisotopic (exact) mass is 646 g/mol. The highest BCUT2D eigenvalue weighted by atomic mass is 28.3. The maximum absolute atomic E-state index is 6.16. The molecule has 0 aromatic carbocycles. The van der Waals surface area contributed by atoms with Crippen LogP contribution >= 0.6 is 0 Å². The van der Waals surface area contributed by atoms with Gasteiger partial charge < -0.3 is 13.3 Å². The third-order valence-corrected chi connectivity index (χ3v) is 9.58. The standard InChI is InChI=1S/C33H70O3Si.C5H13NO/c1-4-7-10-13-16-19-22-25-28-31-34-37(35-32-29-26-23-20-17-14-11-8-5-2)36-33-30-27-24-21-18-15-12-9-6-3;1-4-5-7-6(2)3/h37H,4-33H2,1-3H3;4-5H2,1-3H3. The summed E-state index contributed by atoms with van der Waals surface area (Å²) in [5.41, 5.74) is 0. The van der Waals surface area contributed by atoms with Gasteiger partial charge in [0.2, 0.25) is 0 Å². The Balaban J connectivity index is 0. The number of hydrogen-bond donors (Lipinski definition) is 0. The van der Waals surface area contributed by atoms with Gasteiger partial charge in [0, 0.05) is 33.9 Å². The molecule has 0 atom stereocenters. The highest BCUT2D eigenvalue weighted by Crippen LogP contribution is 2.13. The Bertz CT molecular complexity index is 427. The van der Waals surface area contributed by atoms with Gasteiger partial charge in [0.25, 0.3) is 0 Å². The van der Waals surface area contributed by atoms with Gasteiger partial charge in [-0.15, -0.1) is 0 Å². The SMILES string of the molecule is CCCCCCCCCCCO[SiH](OCCCCCCCCCCC)OCCCCCCCCCCC.CCCON(C)C. The van der Waals surface area contributed by atoms with Crippen LogP contribution in [0.1, 0.15) is 207 Å². The van der Waals surface area contributed by atoms with Crippen molar-refractivity contribution in [3.63, 3.8) is 0 Å². The predicted octanol–water partition coefficient (Wildman–Crippen LogP) is 12.2. The molecule has 0 heterocycles. The second-order valence-corrected chi connectivity index (χ2v) is 14.6. The van der Waals surface area contributed by atoms with Crippen LogP contribution in [-0.2, 0) is 18.1 Å². The van der Waals surface area contributed by atoms with Gasteiger partial charge in [0.15, 0.2) is 0 Å². The smallest absolute Gasteiger partial charge is 0.376 e. The topological polar surface area (TPSA) is 40.2 Å². The summed E-state index contributed by atoms with van der Waals surface area (Å²) in [5.74, 6) is 0. The van der Waals surface area contributed by atoms with Crippen molar-refractivity contribution in [2.24, 2.45) is 0 Å². The first kappa shape index (κ1) is 46.1. The molecule has 0 aliphatic heterocycles. The van der Waals surface area contributed by atoms with Crippen LogP contribution in [0.15, 0.2) is 0 Å². The molecule has 0 amide bonds. The summed E-state index contributed by atoms with van der Waals surface area (Å²) in [6, 6.07) is 0. The van der Waals surface area contributed by atoms with Crippen LogP contribution in [0.4, 0.5) is 0 Å². The molecule has 0 aliphatic carbocycles. The fourth-order valence-corrected chi connectivity index (χ4v) is 6.56. The molecule has 0 unspecified atom stereocenters.